The Kier molecular flexibility index (Phi) is 14.1. The number of methoxy groups -OCH3 is 2. The number of hydrogen-bond acceptors (Lipinski definition) is 21. The first-order chi connectivity index (χ1) is 27.2. The molecule has 10 atom stereocenters. The molecule has 0 amide bonds. The van der Waals surface area contributed by atoms with Crippen LogP contribution in [-0.4, -0.2) is 176 Å². The number of carboxylic acids is 1. The summed E-state index contributed by atoms with van der Waals surface area (Å²) in [6.45, 7) is -0.856. The van der Waals surface area contributed by atoms with Crippen molar-refractivity contribution in [2.24, 2.45) is 0 Å². The van der Waals surface area contributed by atoms with E-state index in [-0.39, 0.29) is 52.3 Å². The van der Waals surface area contributed by atoms with Gasteiger partial charge in [-0.2, -0.15) is 9.97 Å². The van der Waals surface area contributed by atoms with Crippen molar-refractivity contribution in [2.75, 3.05) is 27.4 Å². The average Bonchev–Trinajstić information content (AvgIpc) is 3.93. The van der Waals surface area contributed by atoms with E-state index in [0.29, 0.717) is 0 Å². The summed E-state index contributed by atoms with van der Waals surface area (Å²) in [5.41, 5.74) is 0.770. The molecule has 2 aliphatic rings. The van der Waals surface area contributed by atoms with Crippen LogP contribution in [0.1, 0.15) is 31.0 Å². The van der Waals surface area contributed by atoms with E-state index in [9.17, 15) is 44.6 Å². The number of ether oxygens (including phenoxy) is 6. The second-order valence-corrected chi connectivity index (χ2v) is 16.0. The fourth-order valence-electron chi connectivity index (χ4n) is 5.69. The largest absolute Gasteiger partial charge is 0.479 e. The number of rotatable bonds is 15. The maximum Gasteiger partial charge on any atom is 0.365 e. The van der Waals surface area contributed by atoms with Crippen LogP contribution >= 0.6 is 15.2 Å². The van der Waals surface area contributed by atoms with Crippen LogP contribution in [0, 0.1) is 0 Å². The highest BCUT2D eigenvalue weighted by atomic mass is 31.2. The number of hydrogen-bond donors (Lipinski definition) is 11. The highest BCUT2D eigenvalue weighted by Gasteiger charge is 2.47. The molecule has 2 fully saturated rings. The van der Waals surface area contributed by atoms with Crippen LogP contribution in [0.3, 0.4) is 0 Å². The molecule has 0 spiro atoms. The number of imidazole rings is 2. The maximum atomic E-state index is 11.2. The van der Waals surface area contributed by atoms with Crippen molar-refractivity contribution in [1.82, 2.24) is 39.0 Å². The summed E-state index contributed by atoms with van der Waals surface area (Å²) in [5, 5.41) is 68.8. The van der Waals surface area contributed by atoms with Crippen molar-refractivity contribution in [3.8, 4) is 11.8 Å². The number of aromatic nitrogens is 8. The molecule has 2 unspecified atom stereocenters. The Balaban J connectivity index is 0.000000221. The molecule has 58 heavy (non-hydrogen) atoms. The van der Waals surface area contributed by atoms with E-state index < -0.39 is 102 Å². The second kappa shape index (κ2) is 18.1. The SMILES string of the molecule is COc1nc(CO)nc2c1ncn2[C@@H]1O[C@H](COC(C(=O)O)P(=O)(O)O)[C@@H](O)[C@H]1O.COc1nc(CO)nc2c1ncn2[C@@H]1O[C@H](COC(C)P(=O)(O)O)[C@@H](O)[C@H]1O. The summed E-state index contributed by atoms with van der Waals surface area (Å²) >= 11 is 0. The van der Waals surface area contributed by atoms with Crippen LogP contribution in [0.4, 0.5) is 0 Å². The predicted molar refractivity (Wildman–Crippen MR) is 184 cm³/mol. The van der Waals surface area contributed by atoms with Crippen molar-refractivity contribution in [3.05, 3.63) is 24.3 Å². The van der Waals surface area contributed by atoms with Gasteiger partial charge in [-0.15, -0.1) is 0 Å². The van der Waals surface area contributed by atoms with Gasteiger partial charge in [-0.3, -0.25) is 18.3 Å². The van der Waals surface area contributed by atoms with Gasteiger partial charge in [-0.05, 0) is 6.92 Å². The molecule has 0 aromatic carbocycles. The number of carbonyl (C=O) groups is 1. The summed E-state index contributed by atoms with van der Waals surface area (Å²) in [5.74, 6) is -5.50. The molecule has 322 valence electrons. The van der Waals surface area contributed by atoms with Crippen molar-refractivity contribution in [2.45, 2.75) is 80.9 Å². The van der Waals surface area contributed by atoms with Gasteiger partial charge in [0.05, 0.1) is 40.1 Å². The summed E-state index contributed by atoms with van der Waals surface area (Å²) in [6.07, 6.45) is -8.11. The molecule has 2 aliphatic heterocycles. The molecule has 30 heteroatoms. The van der Waals surface area contributed by atoms with E-state index in [1.807, 2.05) is 0 Å². The van der Waals surface area contributed by atoms with Gasteiger partial charge in [0, 0.05) is 0 Å². The van der Waals surface area contributed by atoms with E-state index in [4.69, 9.17) is 53.1 Å². The van der Waals surface area contributed by atoms with Gasteiger partial charge in [0.2, 0.25) is 11.8 Å². The van der Waals surface area contributed by atoms with Gasteiger partial charge >= 0.3 is 21.2 Å². The normalized spacial score (nSPS) is 26.1. The third-order valence-electron chi connectivity index (χ3n) is 8.67. The van der Waals surface area contributed by atoms with Crippen molar-refractivity contribution < 1.29 is 97.7 Å². The van der Waals surface area contributed by atoms with Crippen molar-refractivity contribution in [1.29, 1.82) is 0 Å². The first-order valence-corrected chi connectivity index (χ1v) is 20.0. The Bertz CT molecular complexity index is 2170. The molecule has 6 rings (SSSR count). The summed E-state index contributed by atoms with van der Waals surface area (Å²) in [6, 6.07) is 0. The standard InChI is InChI=1S/C14H19N4O11P.C14H21N4O9P/c1-27-11-7-10(16-6(2-19)17-11)18(4-15-7)12-9(21)8(20)5(29-12)3-28-14(13(22)23)30(24,25)26;1-6(28(22,23)24)26-4-7-10(20)11(21)14(27-7)18-5-15-9-12(18)16-8(3-19)17-13(9)25-2/h4-5,8-9,12,14,19-21H,2-3H2,1H3,(H,22,23)(H2,24,25,26);5-7,10-11,14,19-21H,3-4H2,1-2H3,(H2,22,23,24)/t5-,8-,9-,12-,14?;6?,7-,10-,11-,14-/m11/s1. The molecule has 4 aromatic heterocycles. The highest BCUT2D eigenvalue weighted by Crippen LogP contribution is 2.43. The lowest BCUT2D eigenvalue weighted by atomic mass is 10.1. The average molecular weight is 871 g/mol. The van der Waals surface area contributed by atoms with Gasteiger partial charge < -0.3 is 83.7 Å². The summed E-state index contributed by atoms with van der Waals surface area (Å²) < 4.78 is 56.1. The summed E-state index contributed by atoms with van der Waals surface area (Å²) in [7, 11) is -6.87. The molecule has 11 N–H and O–H groups in total. The summed E-state index contributed by atoms with van der Waals surface area (Å²) in [4.78, 5) is 71.6. The van der Waals surface area contributed by atoms with Gasteiger partial charge in [0.15, 0.2) is 52.3 Å². The van der Waals surface area contributed by atoms with Gasteiger partial charge in [-0.1, -0.05) is 0 Å². The predicted octanol–water partition coefficient (Wildman–Crippen LogP) is -3.96. The van der Waals surface area contributed by atoms with Crippen molar-refractivity contribution >= 4 is 43.5 Å². The first kappa shape index (κ1) is 45.2. The lowest BCUT2D eigenvalue weighted by Crippen LogP contribution is -2.36. The van der Waals surface area contributed by atoms with Crippen LogP contribution in [-0.2, 0) is 46.1 Å². The van der Waals surface area contributed by atoms with E-state index in [1.54, 1.807) is 0 Å². The minimum Gasteiger partial charge on any atom is -0.479 e. The van der Waals surface area contributed by atoms with E-state index in [2.05, 4.69) is 29.9 Å². The smallest absolute Gasteiger partial charge is 0.365 e. The molecule has 0 saturated carbocycles. The minimum absolute atomic E-state index is 0.0000346. The molecule has 0 radical (unpaired) electrons. The molecule has 0 aliphatic carbocycles. The Morgan fingerprint density at radius 2 is 1.14 bits per heavy atom. The van der Waals surface area contributed by atoms with Crippen LogP contribution in [0.2, 0.25) is 0 Å². The molecule has 0 bridgehead atoms. The molecule has 4 aromatic rings. The third-order valence-corrected chi connectivity index (χ3v) is 10.8. The second-order valence-electron chi connectivity index (χ2n) is 12.5. The molecule has 2 saturated heterocycles. The Labute approximate surface area is 324 Å². The Morgan fingerprint density at radius 3 is 1.48 bits per heavy atom. The Morgan fingerprint density at radius 1 is 0.724 bits per heavy atom. The monoisotopic (exact) mass is 870 g/mol. The zero-order chi connectivity index (χ0) is 42.9. The molecule has 6 heterocycles. The zero-order valence-corrected chi connectivity index (χ0v) is 32.1. The van der Waals surface area contributed by atoms with Gasteiger partial charge in [0.25, 0.3) is 5.85 Å². The lowest BCUT2D eigenvalue weighted by molar-refractivity contribution is -0.149. The van der Waals surface area contributed by atoms with Gasteiger partial charge in [-0.25, -0.2) is 24.7 Å². The number of nitrogens with zero attached hydrogens (tertiary/aromatic N) is 8. The van der Waals surface area contributed by atoms with Crippen LogP contribution in [0.5, 0.6) is 11.8 Å². The zero-order valence-electron chi connectivity index (χ0n) is 30.3. The first-order valence-electron chi connectivity index (χ1n) is 16.6. The highest BCUT2D eigenvalue weighted by molar-refractivity contribution is 7.53. The fourth-order valence-corrected chi connectivity index (χ4v) is 6.54. The quantitative estimate of drug-likeness (QED) is 0.0508. The number of carboxylic acid groups (broad SMARTS) is 1. The van der Waals surface area contributed by atoms with Crippen LogP contribution in [0.15, 0.2) is 12.7 Å². The molecule has 28 nitrogen and oxygen atoms in total. The number of fused-ring (bicyclic) bond motifs is 2. The van der Waals surface area contributed by atoms with Crippen molar-refractivity contribution in [3.63, 3.8) is 0 Å². The molecular formula is C28H40N8O20P2. The van der Waals surface area contributed by atoms with Gasteiger partial charge in [0.1, 0.15) is 49.8 Å². The van der Waals surface area contributed by atoms with Crippen LogP contribution in [0.25, 0.3) is 22.3 Å². The van der Waals surface area contributed by atoms with E-state index in [0.717, 1.165) is 0 Å². The maximum absolute atomic E-state index is 11.2. The third kappa shape index (κ3) is 9.42. The lowest BCUT2D eigenvalue weighted by Gasteiger charge is -2.19. The number of aliphatic hydroxyl groups is 6. The Hall–Kier alpha value is -3.93. The fraction of sp³-hybridized carbons (Fsp3) is 0.607. The number of aliphatic hydroxyl groups excluding tert-OH is 6. The molecular weight excluding hydrogens is 830 g/mol. The van der Waals surface area contributed by atoms with Crippen LogP contribution < -0.4 is 9.47 Å². The minimum atomic E-state index is -5.13. The van der Waals surface area contributed by atoms with E-state index >= 15 is 0 Å². The van der Waals surface area contributed by atoms with E-state index in [1.165, 1.54) is 42.9 Å². The number of aliphatic carboxylic acids is 1. The topological polar surface area (TPSA) is 416 Å².